The van der Waals surface area contributed by atoms with Crippen LogP contribution >= 0.6 is 11.8 Å². The number of nitrogens with zero attached hydrogens (tertiary/aromatic N) is 2. The molecule has 2 aromatic heterocycles. The van der Waals surface area contributed by atoms with Gasteiger partial charge in [0.05, 0.1) is 7.11 Å². The van der Waals surface area contributed by atoms with Crippen LogP contribution < -0.4 is 10.1 Å². The van der Waals surface area contributed by atoms with Crippen molar-refractivity contribution in [3.05, 3.63) is 55.0 Å². The number of thioether (sulfide) groups is 1. The lowest BCUT2D eigenvalue weighted by Gasteiger charge is -2.18. The first-order valence-electron chi connectivity index (χ1n) is 9.25. The molecular weight excluding hydrogens is 358 g/mol. The first kappa shape index (κ1) is 19.4. The molecule has 3 rings (SSSR count). The van der Waals surface area contributed by atoms with Crippen LogP contribution in [0.15, 0.2) is 55.0 Å². The normalized spacial score (nSPS) is 12.2. The van der Waals surface area contributed by atoms with Gasteiger partial charge in [-0.15, -0.1) is 0 Å². The highest BCUT2D eigenvalue weighted by Gasteiger charge is 2.18. The van der Waals surface area contributed by atoms with Crippen molar-refractivity contribution in [3.8, 4) is 5.75 Å². The number of carbonyl (C=O) groups is 1. The van der Waals surface area contributed by atoms with Crippen molar-refractivity contribution in [1.82, 2.24) is 14.5 Å². The average molecular weight is 386 g/mol. The van der Waals surface area contributed by atoms with Crippen LogP contribution in [0.5, 0.6) is 5.75 Å². The van der Waals surface area contributed by atoms with Crippen LogP contribution in [-0.2, 0) is 11.3 Å². The Kier molecular flexibility index (Phi) is 6.87. The zero-order chi connectivity index (χ0) is 19.1. The van der Waals surface area contributed by atoms with Crippen LogP contribution in [0.4, 0.5) is 0 Å². The first-order valence-corrected chi connectivity index (χ1v) is 10.6. The summed E-state index contributed by atoms with van der Waals surface area (Å²) < 4.78 is 9.50. The predicted molar refractivity (Wildman–Crippen MR) is 113 cm³/mol. The Labute approximate surface area is 164 Å². The highest BCUT2D eigenvalue weighted by molar-refractivity contribution is 7.98. The van der Waals surface area contributed by atoms with E-state index >= 15 is 0 Å². The van der Waals surface area contributed by atoms with E-state index in [4.69, 9.17) is 4.74 Å². The van der Waals surface area contributed by atoms with Crippen LogP contribution in [0, 0.1) is 0 Å². The van der Waals surface area contributed by atoms with Crippen LogP contribution in [0.25, 0.3) is 10.9 Å². The largest absolute Gasteiger partial charge is 0.497 e. The fraction of sp³-hybridized carbons (Fsp3) is 0.381. The zero-order valence-corrected chi connectivity index (χ0v) is 16.7. The van der Waals surface area contributed by atoms with E-state index in [-0.39, 0.29) is 11.9 Å². The number of hydrogen-bond acceptors (Lipinski definition) is 3. The summed E-state index contributed by atoms with van der Waals surface area (Å²) >= 11 is 1.77. The summed E-state index contributed by atoms with van der Waals surface area (Å²) in [6.45, 7) is 1.54. The second-order valence-electron chi connectivity index (χ2n) is 6.51. The van der Waals surface area contributed by atoms with E-state index < -0.39 is 0 Å². The van der Waals surface area contributed by atoms with Crippen LogP contribution in [0.2, 0.25) is 0 Å². The predicted octanol–water partition coefficient (Wildman–Crippen LogP) is 3.95. The standard InChI is InChI=1S/C21H27N3O2S/c1-26-18-6-7-19-17(16-18)8-14-24(19)13-5-10-22-21(25)20(9-15-27-2)23-11-3-4-12-23/h3-4,6-8,11-12,14,16,20H,5,9-10,13,15H2,1-2H3,(H,22,25). The molecule has 1 N–H and O–H groups in total. The summed E-state index contributed by atoms with van der Waals surface area (Å²) in [7, 11) is 1.68. The van der Waals surface area contributed by atoms with Gasteiger partial charge in [-0.3, -0.25) is 4.79 Å². The quantitative estimate of drug-likeness (QED) is 0.538. The lowest BCUT2D eigenvalue weighted by molar-refractivity contribution is -0.124. The molecule has 0 aliphatic carbocycles. The minimum atomic E-state index is -0.132. The molecular formula is C21H27N3O2S. The highest BCUT2D eigenvalue weighted by atomic mass is 32.2. The molecule has 1 atom stereocenters. The minimum absolute atomic E-state index is 0.0994. The number of rotatable bonds is 10. The van der Waals surface area contributed by atoms with Crippen molar-refractivity contribution in [2.45, 2.75) is 25.4 Å². The van der Waals surface area contributed by atoms with Gasteiger partial charge in [-0.25, -0.2) is 0 Å². The Morgan fingerprint density at radius 3 is 2.78 bits per heavy atom. The number of carbonyl (C=O) groups excluding carboxylic acids is 1. The molecule has 0 saturated carbocycles. The molecule has 0 radical (unpaired) electrons. The van der Waals surface area contributed by atoms with Gasteiger partial charge in [-0.05, 0) is 61.2 Å². The summed E-state index contributed by atoms with van der Waals surface area (Å²) in [5, 5.41) is 4.28. The van der Waals surface area contributed by atoms with Gasteiger partial charge in [0.2, 0.25) is 5.91 Å². The van der Waals surface area contributed by atoms with E-state index in [2.05, 4.69) is 34.5 Å². The van der Waals surface area contributed by atoms with Gasteiger partial charge in [-0.1, -0.05) is 0 Å². The van der Waals surface area contributed by atoms with Crippen molar-refractivity contribution in [3.63, 3.8) is 0 Å². The zero-order valence-electron chi connectivity index (χ0n) is 15.9. The Morgan fingerprint density at radius 1 is 1.22 bits per heavy atom. The van der Waals surface area contributed by atoms with Crippen LogP contribution in [0.3, 0.4) is 0 Å². The molecule has 0 aliphatic heterocycles. The Hall–Kier alpha value is -2.34. The first-order chi connectivity index (χ1) is 13.2. The van der Waals surface area contributed by atoms with E-state index in [1.807, 2.05) is 41.2 Å². The maximum absolute atomic E-state index is 12.6. The van der Waals surface area contributed by atoms with Gasteiger partial charge in [0.25, 0.3) is 0 Å². The summed E-state index contributed by atoms with van der Waals surface area (Å²) in [6.07, 6.45) is 9.82. The number of benzene rings is 1. The number of aromatic nitrogens is 2. The number of hydrogen-bond donors (Lipinski definition) is 1. The van der Waals surface area contributed by atoms with Crippen molar-refractivity contribution in [1.29, 1.82) is 0 Å². The molecule has 1 aromatic carbocycles. The number of nitrogens with one attached hydrogen (secondary N) is 1. The summed E-state index contributed by atoms with van der Waals surface area (Å²) in [5.41, 5.74) is 1.19. The number of methoxy groups -OCH3 is 1. The van der Waals surface area contributed by atoms with Crippen molar-refractivity contribution in [2.24, 2.45) is 0 Å². The third-order valence-electron chi connectivity index (χ3n) is 4.74. The third-order valence-corrected chi connectivity index (χ3v) is 5.38. The van der Waals surface area contributed by atoms with Crippen molar-refractivity contribution >= 4 is 28.6 Å². The molecule has 5 nitrogen and oxygen atoms in total. The summed E-state index contributed by atoms with van der Waals surface area (Å²) in [6, 6.07) is 12.0. The molecule has 1 amide bonds. The van der Waals surface area contributed by atoms with Gasteiger partial charge >= 0.3 is 0 Å². The fourth-order valence-electron chi connectivity index (χ4n) is 3.28. The molecule has 0 aliphatic rings. The molecule has 144 valence electrons. The molecule has 0 saturated heterocycles. The molecule has 27 heavy (non-hydrogen) atoms. The van der Waals surface area contributed by atoms with Crippen LogP contribution in [-0.4, -0.2) is 40.7 Å². The monoisotopic (exact) mass is 385 g/mol. The second-order valence-corrected chi connectivity index (χ2v) is 7.49. The Bertz CT molecular complexity index is 858. The molecule has 0 bridgehead atoms. The Balaban J connectivity index is 1.52. The fourth-order valence-corrected chi connectivity index (χ4v) is 3.74. The highest BCUT2D eigenvalue weighted by Crippen LogP contribution is 2.22. The third kappa shape index (κ3) is 4.89. The SMILES string of the molecule is COc1ccc2c(ccn2CCCNC(=O)C(CCSC)n2cccc2)c1. The number of fused-ring (bicyclic) bond motifs is 1. The van der Waals surface area contributed by atoms with E-state index in [1.165, 1.54) is 10.9 Å². The molecule has 2 heterocycles. The van der Waals surface area contributed by atoms with E-state index in [9.17, 15) is 4.79 Å². The maximum Gasteiger partial charge on any atom is 0.243 e. The van der Waals surface area contributed by atoms with Gasteiger partial charge in [0.15, 0.2) is 0 Å². The lowest BCUT2D eigenvalue weighted by atomic mass is 10.2. The number of aryl methyl sites for hydroxylation is 1. The van der Waals surface area contributed by atoms with Crippen molar-refractivity contribution in [2.75, 3.05) is 25.7 Å². The lowest BCUT2D eigenvalue weighted by Crippen LogP contribution is -2.33. The molecule has 1 unspecified atom stereocenters. The molecule has 0 fully saturated rings. The molecule has 3 aromatic rings. The van der Waals surface area contributed by atoms with Gasteiger partial charge in [0.1, 0.15) is 11.8 Å². The second kappa shape index (κ2) is 9.55. The molecule has 6 heteroatoms. The van der Waals surface area contributed by atoms with Gasteiger partial charge in [0, 0.05) is 42.6 Å². The smallest absolute Gasteiger partial charge is 0.243 e. The van der Waals surface area contributed by atoms with E-state index in [0.717, 1.165) is 30.9 Å². The topological polar surface area (TPSA) is 48.2 Å². The van der Waals surface area contributed by atoms with E-state index in [0.29, 0.717) is 6.54 Å². The van der Waals surface area contributed by atoms with Crippen molar-refractivity contribution < 1.29 is 9.53 Å². The van der Waals surface area contributed by atoms with Crippen LogP contribution in [0.1, 0.15) is 18.9 Å². The molecule has 0 spiro atoms. The average Bonchev–Trinajstić information content (AvgIpc) is 3.35. The van der Waals surface area contributed by atoms with E-state index in [1.54, 1.807) is 18.9 Å². The summed E-state index contributed by atoms with van der Waals surface area (Å²) in [5.74, 6) is 1.94. The maximum atomic E-state index is 12.6. The minimum Gasteiger partial charge on any atom is -0.497 e. The summed E-state index contributed by atoms with van der Waals surface area (Å²) in [4.78, 5) is 12.6. The van der Waals surface area contributed by atoms with Gasteiger partial charge in [-0.2, -0.15) is 11.8 Å². The number of ether oxygens (including phenoxy) is 1. The number of amides is 1. The Morgan fingerprint density at radius 2 is 2.04 bits per heavy atom. The van der Waals surface area contributed by atoms with Gasteiger partial charge < -0.3 is 19.2 Å².